The minimum atomic E-state index is 0.484. The molecule has 16 heavy (non-hydrogen) atoms. The average molecular weight is 217 g/mol. The lowest BCUT2D eigenvalue weighted by Gasteiger charge is -2.14. The van der Waals surface area contributed by atoms with E-state index < -0.39 is 0 Å². The maximum absolute atomic E-state index is 4.39. The molecule has 0 aliphatic carbocycles. The Morgan fingerprint density at radius 3 is 3.00 bits per heavy atom. The summed E-state index contributed by atoms with van der Waals surface area (Å²) in [6.45, 7) is 6.45. The van der Waals surface area contributed by atoms with Crippen LogP contribution in [0.25, 0.3) is 11.0 Å². The molecule has 2 rings (SSSR count). The Morgan fingerprint density at radius 1 is 1.38 bits per heavy atom. The van der Waals surface area contributed by atoms with Gasteiger partial charge >= 0.3 is 0 Å². The van der Waals surface area contributed by atoms with Gasteiger partial charge in [-0.05, 0) is 32.0 Å². The third kappa shape index (κ3) is 2.42. The van der Waals surface area contributed by atoms with Crippen molar-refractivity contribution in [2.75, 3.05) is 6.54 Å². The number of rotatable bonds is 5. The Hall–Kier alpha value is -1.35. The Balaban J connectivity index is 2.09. The molecule has 0 saturated carbocycles. The lowest BCUT2D eigenvalue weighted by Crippen LogP contribution is -2.30. The summed E-state index contributed by atoms with van der Waals surface area (Å²) in [5.41, 5.74) is 2.29. The van der Waals surface area contributed by atoms with Crippen LogP contribution in [0, 0.1) is 0 Å². The van der Waals surface area contributed by atoms with Crippen LogP contribution >= 0.6 is 0 Å². The van der Waals surface area contributed by atoms with Crippen molar-refractivity contribution in [3.8, 4) is 0 Å². The average Bonchev–Trinajstić information content (AvgIpc) is 2.70. The van der Waals surface area contributed by atoms with Gasteiger partial charge in [0.15, 0.2) is 0 Å². The topological polar surface area (TPSA) is 29.9 Å². The van der Waals surface area contributed by atoms with Gasteiger partial charge in [-0.25, -0.2) is 4.98 Å². The van der Waals surface area contributed by atoms with E-state index in [0.717, 1.165) is 18.6 Å². The zero-order chi connectivity index (χ0) is 11.4. The van der Waals surface area contributed by atoms with Crippen molar-refractivity contribution in [1.29, 1.82) is 0 Å². The Labute approximate surface area is 96.5 Å². The predicted molar refractivity (Wildman–Crippen MR) is 67.5 cm³/mol. The van der Waals surface area contributed by atoms with Crippen LogP contribution in [0.2, 0.25) is 0 Å². The van der Waals surface area contributed by atoms with Gasteiger partial charge in [-0.15, -0.1) is 0 Å². The molecule has 1 aromatic carbocycles. The van der Waals surface area contributed by atoms with Crippen LogP contribution in [0.1, 0.15) is 20.3 Å². The standard InChI is InChI=1S/C13H19N3/c1-3-8-14-11(2)9-16-10-15-12-6-4-5-7-13(12)16/h4-7,10-11,14H,3,8-9H2,1-2H3. The highest BCUT2D eigenvalue weighted by atomic mass is 15.1. The smallest absolute Gasteiger partial charge is 0.0958 e. The van der Waals surface area contributed by atoms with Crippen LogP contribution in [0.3, 0.4) is 0 Å². The monoisotopic (exact) mass is 217 g/mol. The van der Waals surface area contributed by atoms with Crippen molar-refractivity contribution in [2.24, 2.45) is 0 Å². The molecule has 2 aromatic rings. The van der Waals surface area contributed by atoms with Crippen LogP contribution in [0.15, 0.2) is 30.6 Å². The van der Waals surface area contributed by atoms with Gasteiger partial charge in [-0.3, -0.25) is 0 Å². The summed E-state index contributed by atoms with van der Waals surface area (Å²) in [5.74, 6) is 0. The van der Waals surface area contributed by atoms with E-state index in [9.17, 15) is 0 Å². The van der Waals surface area contributed by atoms with Crippen LogP contribution in [0.4, 0.5) is 0 Å². The van der Waals surface area contributed by atoms with E-state index in [1.165, 1.54) is 11.9 Å². The molecule has 3 nitrogen and oxygen atoms in total. The second-order valence-corrected chi connectivity index (χ2v) is 4.24. The van der Waals surface area contributed by atoms with Crippen molar-refractivity contribution in [3.05, 3.63) is 30.6 Å². The van der Waals surface area contributed by atoms with E-state index in [0.29, 0.717) is 6.04 Å². The summed E-state index contributed by atoms with van der Waals surface area (Å²) in [6.07, 6.45) is 3.10. The highest BCUT2D eigenvalue weighted by Crippen LogP contribution is 2.11. The molecule has 0 aliphatic heterocycles. The van der Waals surface area contributed by atoms with E-state index in [-0.39, 0.29) is 0 Å². The van der Waals surface area contributed by atoms with Crippen molar-refractivity contribution >= 4 is 11.0 Å². The Kier molecular flexibility index (Phi) is 3.57. The second-order valence-electron chi connectivity index (χ2n) is 4.24. The first-order valence-electron chi connectivity index (χ1n) is 5.94. The van der Waals surface area contributed by atoms with Gasteiger partial charge in [0.2, 0.25) is 0 Å². The number of nitrogens with zero attached hydrogens (tertiary/aromatic N) is 2. The van der Waals surface area contributed by atoms with E-state index in [1.807, 2.05) is 12.4 Å². The third-order valence-corrected chi connectivity index (χ3v) is 2.74. The van der Waals surface area contributed by atoms with Crippen LogP contribution < -0.4 is 5.32 Å². The van der Waals surface area contributed by atoms with Crippen molar-refractivity contribution in [2.45, 2.75) is 32.9 Å². The maximum atomic E-state index is 4.39. The number of para-hydroxylation sites is 2. The SMILES string of the molecule is CCCNC(C)Cn1cnc2ccccc21. The summed E-state index contributed by atoms with van der Waals surface area (Å²) in [4.78, 5) is 4.39. The number of imidazole rings is 1. The van der Waals surface area contributed by atoms with Gasteiger partial charge in [0, 0.05) is 12.6 Å². The largest absolute Gasteiger partial charge is 0.329 e. The molecule has 0 radical (unpaired) electrons. The van der Waals surface area contributed by atoms with Crippen molar-refractivity contribution < 1.29 is 0 Å². The first-order chi connectivity index (χ1) is 7.81. The molecule has 1 aromatic heterocycles. The summed E-state index contributed by atoms with van der Waals surface area (Å²) >= 11 is 0. The molecule has 1 unspecified atom stereocenters. The van der Waals surface area contributed by atoms with E-state index in [2.05, 4.69) is 46.9 Å². The Bertz CT molecular complexity index is 447. The zero-order valence-electron chi connectivity index (χ0n) is 9.98. The molecule has 1 atom stereocenters. The molecule has 1 heterocycles. The van der Waals surface area contributed by atoms with Crippen LogP contribution in [-0.2, 0) is 6.54 Å². The zero-order valence-corrected chi connectivity index (χ0v) is 9.98. The summed E-state index contributed by atoms with van der Waals surface area (Å²) < 4.78 is 2.21. The van der Waals surface area contributed by atoms with Gasteiger partial charge in [0.25, 0.3) is 0 Å². The molecular formula is C13H19N3. The molecule has 86 valence electrons. The first kappa shape index (κ1) is 11.1. The molecule has 0 spiro atoms. The molecule has 0 saturated heterocycles. The molecule has 0 bridgehead atoms. The van der Waals surface area contributed by atoms with Gasteiger partial charge in [0.05, 0.1) is 17.4 Å². The van der Waals surface area contributed by atoms with E-state index in [1.54, 1.807) is 0 Å². The number of benzene rings is 1. The first-order valence-corrected chi connectivity index (χ1v) is 5.94. The third-order valence-electron chi connectivity index (χ3n) is 2.74. The fraction of sp³-hybridized carbons (Fsp3) is 0.462. The minimum absolute atomic E-state index is 0.484. The number of aromatic nitrogens is 2. The molecular weight excluding hydrogens is 198 g/mol. The molecule has 3 heteroatoms. The van der Waals surface area contributed by atoms with Gasteiger partial charge in [-0.1, -0.05) is 19.1 Å². The molecule has 0 amide bonds. The van der Waals surface area contributed by atoms with Crippen LogP contribution in [0.5, 0.6) is 0 Å². The molecule has 0 fully saturated rings. The molecule has 0 aliphatic rings. The number of nitrogens with one attached hydrogen (secondary N) is 1. The van der Waals surface area contributed by atoms with Gasteiger partial charge < -0.3 is 9.88 Å². The summed E-state index contributed by atoms with van der Waals surface area (Å²) in [7, 11) is 0. The quantitative estimate of drug-likeness (QED) is 0.833. The number of hydrogen-bond acceptors (Lipinski definition) is 2. The normalized spacial score (nSPS) is 13.1. The van der Waals surface area contributed by atoms with Gasteiger partial charge in [-0.2, -0.15) is 0 Å². The summed E-state index contributed by atoms with van der Waals surface area (Å²) in [5, 5.41) is 3.49. The number of fused-ring (bicyclic) bond motifs is 1. The van der Waals surface area contributed by atoms with Crippen molar-refractivity contribution in [3.63, 3.8) is 0 Å². The van der Waals surface area contributed by atoms with Gasteiger partial charge in [0.1, 0.15) is 0 Å². The fourth-order valence-corrected chi connectivity index (χ4v) is 1.91. The Morgan fingerprint density at radius 2 is 2.19 bits per heavy atom. The maximum Gasteiger partial charge on any atom is 0.0958 e. The highest BCUT2D eigenvalue weighted by Gasteiger charge is 2.05. The number of hydrogen-bond donors (Lipinski definition) is 1. The van der Waals surface area contributed by atoms with Crippen molar-refractivity contribution in [1.82, 2.24) is 14.9 Å². The minimum Gasteiger partial charge on any atom is -0.329 e. The van der Waals surface area contributed by atoms with Crippen LogP contribution in [-0.4, -0.2) is 22.1 Å². The van der Waals surface area contributed by atoms with E-state index >= 15 is 0 Å². The lowest BCUT2D eigenvalue weighted by atomic mass is 10.3. The highest BCUT2D eigenvalue weighted by molar-refractivity contribution is 5.74. The fourth-order valence-electron chi connectivity index (χ4n) is 1.91. The molecule has 1 N–H and O–H groups in total. The second kappa shape index (κ2) is 5.12. The predicted octanol–water partition coefficient (Wildman–Crippen LogP) is 2.42. The lowest BCUT2D eigenvalue weighted by molar-refractivity contribution is 0.483. The van der Waals surface area contributed by atoms with E-state index in [4.69, 9.17) is 0 Å². The summed E-state index contributed by atoms with van der Waals surface area (Å²) in [6, 6.07) is 8.74.